The second-order valence-electron chi connectivity index (χ2n) is 2.30. The highest BCUT2D eigenvalue weighted by Gasteiger charge is 1.84. The van der Waals surface area contributed by atoms with Gasteiger partial charge in [-0.25, -0.2) is 0 Å². The van der Waals surface area contributed by atoms with Gasteiger partial charge < -0.3 is 10.1 Å². The molecule has 0 aliphatic rings. The molecule has 0 aromatic heterocycles. The summed E-state index contributed by atoms with van der Waals surface area (Å²) >= 11 is 0. The number of rotatable bonds is 6. The summed E-state index contributed by atoms with van der Waals surface area (Å²) in [5.74, 6) is 0.834. The van der Waals surface area contributed by atoms with Crippen LogP contribution < -0.4 is 5.32 Å². The second kappa shape index (κ2) is 8.08. The van der Waals surface area contributed by atoms with Gasteiger partial charge in [0.1, 0.15) is 5.76 Å². The van der Waals surface area contributed by atoms with Crippen molar-refractivity contribution in [3.8, 4) is 0 Å². The summed E-state index contributed by atoms with van der Waals surface area (Å²) in [6, 6.07) is 0. The first kappa shape index (κ1) is 11.0. The van der Waals surface area contributed by atoms with Crippen LogP contribution in [0.25, 0.3) is 0 Å². The van der Waals surface area contributed by atoms with Gasteiger partial charge >= 0.3 is 0 Å². The van der Waals surface area contributed by atoms with Gasteiger partial charge in [0, 0.05) is 0 Å². The van der Waals surface area contributed by atoms with Gasteiger partial charge in [-0.15, -0.1) is 0 Å². The van der Waals surface area contributed by atoms with E-state index in [1.54, 1.807) is 13.2 Å². The Bertz CT molecular complexity index is 171. The van der Waals surface area contributed by atoms with Crippen molar-refractivity contribution in [2.24, 2.45) is 0 Å². The standard InChI is InChI=1S/C10H17NO/c1-4-7-10(12-3)8-5-6-9-11-2/h4-5,7-8,11H,1,6,9H2,2-3H3/b8-5-,10-7+. The first-order valence-corrected chi connectivity index (χ1v) is 4.03. The fourth-order valence-electron chi connectivity index (χ4n) is 0.735. The number of allylic oxidation sites excluding steroid dienone is 3. The molecule has 0 aliphatic carbocycles. The Morgan fingerprint density at radius 3 is 2.83 bits per heavy atom. The lowest BCUT2D eigenvalue weighted by molar-refractivity contribution is 0.307. The normalized spacial score (nSPS) is 12.0. The quantitative estimate of drug-likeness (QED) is 0.370. The van der Waals surface area contributed by atoms with Gasteiger partial charge in [-0.3, -0.25) is 0 Å². The molecule has 12 heavy (non-hydrogen) atoms. The number of methoxy groups -OCH3 is 1. The molecular weight excluding hydrogens is 150 g/mol. The first-order chi connectivity index (χ1) is 5.85. The summed E-state index contributed by atoms with van der Waals surface area (Å²) in [5.41, 5.74) is 0. The molecule has 0 bridgehead atoms. The van der Waals surface area contributed by atoms with Crippen molar-refractivity contribution in [3.63, 3.8) is 0 Å². The van der Waals surface area contributed by atoms with Crippen LogP contribution >= 0.6 is 0 Å². The summed E-state index contributed by atoms with van der Waals surface area (Å²) < 4.78 is 5.05. The molecule has 0 aromatic rings. The van der Waals surface area contributed by atoms with Crippen molar-refractivity contribution in [2.45, 2.75) is 6.42 Å². The minimum atomic E-state index is 0.834. The number of hydrogen-bond donors (Lipinski definition) is 1. The fourth-order valence-corrected chi connectivity index (χ4v) is 0.735. The fraction of sp³-hybridized carbons (Fsp3) is 0.400. The molecule has 0 unspecified atom stereocenters. The van der Waals surface area contributed by atoms with Crippen LogP contribution in [0.1, 0.15) is 6.42 Å². The van der Waals surface area contributed by atoms with E-state index in [2.05, 4.69) is 18.0 Å². The maximum Gasteiger partial charge on any atom is 0.118 e. The maximum atomic E-state index is 5.05. The molecule has 0 atom stereocenters. The smallest absolute Gasteiger partial charge is 0.118 e. The van der Waals surface area contributed by atoms with Crippen molar-refractivity contribution >= 4 is 0 Å². The van der Waals surface area contributed by atoms with E-state index in [0.29, 0.717) is 0 Å². The molecule has 0 aromatic carbocycles. The van der Waals surface area contributed by atoms with Crippen molar-refractivity contribution in [3.05, 3.63) is 36.6 Å². The third-order valence-electron chi connectivity index (χ3n) is 1.36. The third-order valence-corrected chi connectivity index (χ3v) is 1.36. The Kier molecular flexibility index (Phi) is 7.39. The maximum absolute atomic E-state index is 5.05. The monoisotopic (exact) mass is 167 g/mol. The summed E-state index contributed by atoms with van der Waals surface area (Å²) in [6.07, 6.45) is 8.56. The van der Waals surface area contributed by atoms with Crippen molar-refractivity contribution < 1.29 is 4.74 Å². The zero-order chi connectivity index (χ0) is 9.23. The van der Waals surface area contributed by atoms with E-state index in [0.717, 1.165) is 18.7 Å². The molecule has 0 saturated heterocycles. The van der Waals surface area contributed by atoms with E-state index in [9.17, 15) is 0 Å². The Morgan fingerprint density at radius 2 is 2.33 bits per heavy atom. The SMILES string of the molecule is C=C/C=C(\C=C/CCNC)OC. The molecule has 0 saturated carbocycles. The molecule has 68 valence electrons. The number of ether oxygens (including phenoxy) is 1. The van der Waals surface area contributed by atoms with Crippen LogP contribution in [0.5, 0.6) is 0 Å². The summed E-state index contributed by atoms with van der Waals surface area (Å²) in [6.45, 7) is 4.58. The highest BCUT2D eigenvalue weighted by molar-refractivity contribution is 5.16. The molecule has 1 N–H and O–H groups in total. The topological polar surface area (TPSA) is 21.3 Å². The van der Waals surface area contributed by atoms with Gasteiger partial charge in [0.15, 0.2) is 0 Å². The zero-order valence-electron chi connectivity index (χ0n) is 7.84. The minimum absolute atomic E-state index is 0.834. The largest absolute Gasteiger partial charge is 0.497 e. The predicted molar refractivity (Wildman–Crippen MR) is 53.0 cm³/mol. The molecule has 0 fully saturated rings. The van der Waals surface area contributed by atoms with Crippen LogP contribution in [0.15, 0.2) is 36.6 Å². The van der Waals surface area contributed by atoms with E-state index in [-0.39, 0.29) is 0 Å². The van der Waals surface area contributed by atoms with E-state index in [1.807, 2.05) is 19.2 Å². The zero-order valence-corrected chi connectivity index (χ0v) is 7.84. The highest BCUT2D eigenvalue weighted by atomic mass is 16.5. The Labute approximate surface area is 74.6 Å². The lowest BCUT2D eigenvalue weighted by atomic mass is 10.3. The Morgan fingerprint density at radius 1 is 1.58 bits per heavy atom. The van der Waals surface area contributed by atoms with Gasteiger partial charge in [0.25, 0.3) is 0 Å². The van der Waals surface area contributed by atoms with Crippen LogP contribution in [0, 0.1) is 0 Å². The van der Waals surface area contributed by atoms with E-state index in [4.69, 9.17) is 4.74 Å². The van der Waals surface area contributed by atoms with Crippen LogP contribution in [0.4, 0.5) is 0 Å². The first-order valence-electron chi connectivity index (χ1n) is 4.03. The highest BCUT2D eigenvalue weighted by Crippen LogP contribution is 1.98. The van der Waals surface area contributed by atoms with Gasteiger partial charge in [-0.1, -0.05) is 18.7 Å². The molecular formula is C10H17NO. The summed E-state index contributed by atoms with van der Waals surface area (Å²) in [7, 11) is 3.59. The lowest BCUT2D eigenvalue weighted by Gasteiger charge is -1.97. The average Bonchev–Trinajstić information content (AvgIpc) is 2.10. The molecule has 0 heterocycles. The predicted octanol–water partition coefficient (Wildman–Crippen LogP) is 1.87. The molecule has 0 radical (unpaired) electrons. The van der Waals surface area contributed by atoms with E-state index < -0.39 is 0 Å². The molecule has 2 nitrogen and oxygen atoms in total. The number of hydrogen-bond acceptors (Lipinski definition) is 2. The van der Waals surface area contributed by atoms with Crippen LogP contribution in [0.2, 0.25) is 0 Å². The van der Waals surface area contributed by atoms with Crippen LogP contribution in [-0.2, 0) is 4.74 Å². The van der Waals surface area contributed by atoms with Crippen molar-refractivity contribution in [1.29, 1.82) is 0 Å². The molecule has 0 aliphatic heterocycles. The molecule has 0 rings (SSSR count). The molecule has 0 amide bonds. The summed E-state index contributed by atoms with van der Waals surface area (Å²) in [4.78, 5) is 0. The van der Waals surface area contributed by atoms with Crippen molar-refractivity contribution in [2.75, 3.05) is 20.7 Å². The third kappa shape index (κ3) is 5.74. The second-order valence-corrected chi connectivity index (χ2v) is 2.30. The Balaban J connectivity index is 3.76. The van der Waals surface area contributed by atoms with Gasteiger partial charge in [0.2, 0.25) is 0 Å². The van der Waals surface area contributed by atoms with Crippen molar-refractivity contribution in [1.82, 2.24) is 5.32 Å². The van der Waals surface area contributed by atoms with Crippen LogP contribution in [-0.4, -0.2) is 20.7 Å². The Hall–Kier alpha value is -1.02. The summed E-state index contributed by atoms with van der Waals surface area (Å²) in [5, 5.41) is 3.06. The minimum Gasteiger partial charge on any atom is -0.497 e. The molecule has 2 heteroatoms. The van der Waals surface area contributed by atoms with E-state index in [1.165, 1.54) is 0 Å². The molecule has 0 spiro atoms. The van der Waals surface area contributed by atoms with Gasteiger partial charge in [-0.05, 0) is 32.2 Å². The average molecular weight is 167 g/mol. The van der Waals surface area contributed by atoms with Gasteiger partial charge in [0.05, 0.1) is 7.11 Å². The van der Waals surface area contributed by atoms with Gasteiger partial charge in [-0.2, -0.15) is 0 Å². The van der Waals surface area contributed by atoms with E-state index >= 15 is 0 Å². The van der Waals surface area contributed by atoms with Crippen LogP contribution in [0.3, 0.4) is 0 Å². The lowest BCUT2D eigenvalue weighted by Crippen LogP contribution is -2.05. The number of nitrogens with one attached hydrogen (secondary N) is 1.